The molecular weight excluding hydrogens is 656 g/mol. The quantitative estimate of drug-likeness (QED) is 0.0379. The molecule has 0 spiro atoms. The zero-order chi connectivity index (χ0) is 37.0. The summed E-state index contributed by atoms with van der Waals surface area (Å²) in [7, 11) is 0. The van der Waals surface area contributed by atoms with Crippen molar-refractivity contribution in [2.24, 2.45) is 0 Å². The van der Waals surface area contributed by atoms with E-state index in [0.29, 0.717) is 23.0 Å². The van der Waals surface area contributed by atoms with Crippen LogP contribution in [0.15, 0.2) is 97.1 Å². The van der Waals surface area contributed by atoms with E-state index in [1.54, 1.807) is 24.3 Å². The smallest absolute Gasteiger partial charge is 0.269 e. The Morgan fingerprint density at radius 1 is 0.442 bits per heavy atom. The Hall–Kier alpha value is -4.80. The Balaban J connectivity index is 1.29. The molecule has 10 nitrogen and oxygen atoms in total. The number of hydrogen-bond acceptors (Lipinski definition) is 8. The first kappa shape index (κ1) is 40.0. The highest BCUT2D eigenvalue weighted by atomic mass is 16.6. The van der Waals surface area contributed by atoms with Crippen molar-refractivity contribution in [1.82, 2.24) is 9.80 Å². The summed E-state index contributed by atoms with van der Waals surface area (Å²) >= 11 is 0. The maximum Gasteiger partial charge on any atom is 0.269 e. The predicted octanol–water partition coefficient (Wildman–Crippen LogP) is 11.3. The van der Waals surface area contributed by atoms with Crippen LogP contribution in [0, 0.1) is 20.2 Å². The maximum absolute atomic E-state index is 10.9. The molecule has 0 unspecified atom stereocenters. The van der Waals surface area contributed by atoms with Crippen molar-refractivity contribution in [3.8, 4) is 23.0 Å². The van der Waals surface area contributed by atoms with Crippen LogP contribution in [0.5, 0.6) is 23.0 Å². The Labute approximate surface area is 308 Å². The molecule has 0 saturated heterocycles. The molecule has 0 aromatic heterocycles. The summed E-state index contributed by atoms with van der Waals surface area (Å²) in [6.07, 6.45) is 12.1. The van der Waals surface area contributed by atoms with Gasteiger partial charge >= 0.3 is 0 Å². The summed E-state index contributed by atoms with van der Waals surface area (Å²) in [6, 6.07) is 28.6. The van der Waals surface area contributed by atoms with Crippen LogP contribution in [0.4, 0.5) is 11.4 Å². The Morgan fingerprint density at radius 3 is 1.02 bits per heavy atom. The lowest BCUT2D eigenvalue weighted by Gasteiger charge is -2.25. The molecular formula is C42H54N4O6. The van der Waals surface area contributed by atoms with Crippen molar-refractivity contribution in [2.75, 3.05) is 26.2 Å². The highest BCUT2D eigenvalue weighted by molar-refractivity contribution is 5.40. The fraction of sp³-hybridized carbons (Fsp3) is 0.429. The Morgan fingerprint density at radius 2 is 0.731 bits per heavy atom. The van der Waals surface area contributed by atoms with E-state index in [4.69, 9.17) is 9.47 Å². The topological polar surface area (TPSA) is 111 Å². The summed E-state index contributed by atoms with van der Waals surface area (Å²) < 4.78 is 11.8. The predicted molar refractivity (Wildman–Crippen MR) is 207 cm³/mol. The van der Waals surface area contributed by atoms with E-state index in [-0.39, 0.29) is 11.4 Å². The highest BCUT2D eigenvalue weighted by Gasteiger charge is 2.11. The van der Waals surface area contributed by atoms with Gasteiger partial charge in [-0.3, -0.25) is 30.0 Å². The maximum atomic E-state index is 10.9. The number of ether oxygens (including phenoxy) is 2. The highest BCUT2D eigenvalue weighted by Crippen LogP contribution is 2.26. The summed E-state index contributed by atoms with van der Waals surface area (Å²) in [5.41, 5.74) is 2.57. The van der Waals surface area contributed by atoms with E-state index < -0.39 is 9.85 Å². The molecule has 0 heterocycles. The number of hydrogen-bond donors (Lipinski definition) is 0. The van der Waals surface area contributed by atoms with E-state index >= 15 is 0 Å². The number of non-ortho nitro benzene ring substituents is 2. The summed E-state index contributed by atoms with van der Waals surface area (Å²) in [4.78, 5) is 26.2. The third-order valence-electron chi connectivity index (χ3n) is 9.08. The molecule has 0 aliphatic rings. The van der Waals surface area contributed by atoms with Gasteiger partial charge in [-0.1, -0.05) is 76.6 Å². The minimum absolute atomic E-state index is 0.0433. The van der Waals surface area contributed by atoms with Crippen molar-refractivity contribution in [3.63, 3.8) is 0 Å². The van der Waals surface area contributed by atoms with Crippen LogP contribution in [-0.4, -0.2) is 45.8 Å². The van der Waals surface area contributed by atoms with E-state index in [1.165, 1.54) is 86.8 Å². The summed E-state index contributed by atoms with van der Waals surface area (Å²) in [5.74, 6) is 2.55. The van der Waals surface area contributed by atoms with Gasteiger partial charge in [0.1, 0.15) is 23.0 Å². The molecule has 278 valence electrons. The van der Waals surface area contributed by atoms with Crippen LogP contribution in [0.2, 0.25) is 0 Å². The van der Waals surface area contributed by atoms with Gasteiger partial charge in [-0.15, -0.1) is 0 Å². The molecule has 0 fully saturated rings. The van der Waals surface area contributed by atoms with Gasteiger partial charge in [0, 0.05) is 37.4 Å². The molecule has 0 aliphatic heterocycles. The van der Waals surface area contributed by atoms with Gasteiger partial charge in [-0.2, -0.15) is 0 Å². The average Bonchev–Trinajstić information content (AvgIpc) is 3.15. The second kappa shape index (κ2) is 22.2. The monoisotopic (exact) mass is 710 g/mol. The zero-order valence-corrected chi connectivity index (χ0v) is 30.8. The molecule has 0 saturated carbocycles. The first-order chi connectivity index (χ1) is 25.3. The van der Waals surface area contributed by atoms with Crippen LogP contribution in [0.1, 0.15) is 89.2 Å². The minimum Gasteiger partial charge on any atom is -0.457 e. The van der Waals surface area contributed by atoms with Gasteiger partial charge in [0.05, 0.1) is 9.85 Å². The SMILES string of the molecule is CCCCCCN(CCCCN(CCCCCC)Cc1ccc(Oc2ccc([N+](=O)[O-])cc2)cc1)Cc1ccc(Oc2ccc([N+](=O)[O-])cc2)cc1. The van der Waals surface area contributed by atoms with Crippen molar-refractivity contribution in [3.05, 3.63) is 128 Å². The first-order valence-electron chi connectivity index (χ1n) is 18.8. The average molecular weight is 711 g/mol. The normalized spacial score (nSPS) is 11.2. The molecule has 0 atom stereocenters. The number of rotatable bonds is 25. The Kier molecular flexibility index (Phi) is 17.1. The van der Waals surface area contributed by atoms with E-state index in [9.17, 15) is 20.2 Å². The number of nitrogens with zero attached hydrogens (tertiary/aromatic N) is 4. The van der Waals surface area contributed by atoms with Crippen LogP contribution >= 0.6 is 0 Å². The van der Waals surface area contributed by atoms with Gasteiger partial charge in [-0.25, -0.2) is 0 Å². The van der Waals surface area contributed by atoms with Gasteiger partial charge < -0.3 is 9.47 Å². The lowest BCUT2D eigenvalue weighted by molar-refractivity contribution is -0.385. The molecule has 0 bridgehead atoms. The van der Waals surface area contributed by atoms with E-state index in [2.05, 4.69) is 47.9 Å². The van der Waals surface area contributed by atoms with Crippen molar-refractivity contribution in [1.29, 1.82) is 0 Å². The molecule has 4 rings (SSSR count). The van der Waals surface area contributed by atoms with Crippen LogP contribution in [0.3, 0.4) is 0 Å². The molecule has 0 N–H and O–H groups in total. The van der Waals surface area contributed by atoms with Gasteiger partial charge in [-0.05, 0) is 112 Å². The number of nitro benzene ring substituents is 2. The third-order valence-corrected chi connectivity index (χ3v) is 9.08. The van der Waals surface area contributed by atoms with E-state index in [1.807, 2.05) is 24.3 Å². The molecule has 10 heteroatoms. The third kappa shape index (κ3) is 14.4. The number of nitro groups is 2. The van der Waals surface area contributed by atoms with Crippen LogP contribution in [-0.2, 0) is 13.1 Å². The van der Waals surface area contributed by atoms with Gasteiger partial charge in [0.2, 0.25) is 0 Å². The van der Waals surface area contributed by atoms with Crippen molar-refractivity contribution in [2.45, 2.75) is 91.1 Å². The number of unbranched alkanes of at least 4 members (excludes halogenated alkanes) is 7. The fourth-order valence-corrected chi connectivity index (χ4v) is 6.12. The molecule has 52 heavy (non-hydrogen) atoms. The Bertz CT molecular complexity index is 1490. The zero-order valence-electron chi connectivity index (χ0n) is 30.8. The first-order valence-corrected chi connectivity index (χ1v) is 18.8. The minimum atomic E-state index is -0.414. The second-order valence-electron chi connectivity index (χ2n) is 13.4. The molecule has 0 aliphatic carbocycles. The van der Waals surface area contributed by atoms with Crippen LogP contribution in [0.25, 0.3) is 0 Å². The standard InChI is InChI=1S/C42H54N4O6/c1-3-5-7-9-29-43(33-35-13-21-39(22-14-35)51-41-25-17-37(18-26-41)45(47)48)31-11-12-32-44(30-10-8-6-4-2)34-36-15-23-40(24-16-36)52-42-27-19-38(20-28-42)46(49)50/h13-28H,3-12,29-34H2,1-2H3. The van der Waals surface area contributed by atoms with Gasteiger partial charge in [0.25, 0.3) is 11.4 Å². The van der Waals surface area contributed by atoms with Crippen LogP contribution < -0.4 is 9.47 Å². The molecule has 0 radical (unpaired) electrons. The summed E-state index contributed by atoms with van der Waals surface area (Å²) in [5, 5.41) is 21.9. The van der Waals surface area contributed by atoms with Crippen molar-refractivity contribution < 1.29 is 19.3 Å². The second-order valence-corrected chi connectivity index (χ2v) is 13.4. The largest absolute Gasteiger partial charge is 0.457 e. The molecule has 0 amide bonds. The van der Waals surface area contributed by atoms with E-state index in [0.717, 1.165) is 52.1 Å². The molecule has 4 aromatic rings. The lowest BCUT2D eigenvalue weighted by atomic mass is 10.1. The van der Waals surface area contributed by atoms with Gasteiger partial charge in [0.15, 0.2) is 0 Å². The fourth-order valence-electron chi connectivity index (χ4n) is 6.12. The number of benzene rings is 4. The van der Waals surface area contributed by atoms with Crippen molar-refractivity contribution >= 4 is 11.4 Å². The summed E-state index contributed by atoms with van der Waals surface area (Å²) in [6.45, 7) is 10.5. The molecule has 4 aromatic carbocycles. The lowest BCUT2D eigenvalue weighted by Crippen LogP contribution is -2.28.